The zero-order valence-electron chi connectivity index (χ0n) is 47.1. The van der Waals surface area contributed by atoms with Crippen molar-refractivity contribution < 1.29 is 4.42 Å². The lowest BCUT2D eigenvalue weighted by molar-refractivity contribution is 0.584. The quantitative estimate of drug-likeness (QED) is 0.155. The van der Waals surface area contributed by atoms with Crippen molar-refractivity contribution in [3.8, 4) is 106 Å². The van der Waals surface area contributed by atoms with Gasteiger partial charge >= 0.3 is 0 Å². The number of anilines is 1. The summed E-state index contributed by atoms with van der Waals surface area (Å²) >= 11 is 0. The van der Waals surface area contributed by atoms with Crippen LogP contribution in [0.3, 0.4) is 0 Å². The Hall–Kier alpha value is -11.5. The standard InChI is InChI=1S/C80H52N6O/c1-5-21-59(69-25-9-13-41-81-69)55(17-1)50-29-34-63-64(45-50)65-46-51(56-18-2-6-22-60(56)70-26-10-14-42-82-70)30-35-73(65)85-74-36-40-78-80(79(63)74)68-49-54(33-39-77(68)87-78)86-75-37-31-52(57-19-3-7-23-61(57)71-27-11-15-43-83-71)47-66(75)67-48-53(32-38-76(67)86)58-20-4-8-24-62(58)72-28-12-16-44-84-72/h1-49,74,79,85H. The van der Waals surface area contributed by atoms with Crippen LogP contribution >= 0.6 is 0 Å². The van der Waals surface area contributed by atoms with Crippen molar-refractivity contribution in [1.29, 1.82) is 0 Å². The Morgan fingerprint density at radius 1 is 0.345 bits per heavy atom. The first-order valence-electron chi connectivity index (χ1n) is 29.6. The maximum Gasteiger partial charge on any atom is 0.135 e. The highest BCUT2D eigenvalue weighted by Crippen LogP contribution is 2.52. The number of hydrogen-bond acceptors (Lipinski definition) is 6. The van der Waals surface area contributed by atoms with Crippen LogP contribution in [0.15, 0.2) is 296 Å². The van der Waals surface area contributed by atoms with Gasteiger partial charge in [0, 0.05) is 91.6 Å². The molecule has 0 saturated carbocycles. The Balaban J connectivity index is 0.859. The average Bonchev–Trinajstić information content (AvgIpc) is 2.06. The molecule has 0 radical (unpaired) electrons. The molecule has 2 aliphatic rings. The van der Waals surface area contributed by atoms with Crippen molar-refractivity contribution >= 4 is 44.5 Å². The van der Waals surface area contributed by atoms with Gasteiger partial charge in [0.1, 0.15) is 11.3 Å². The van der Waals surface area contributed by atoms with Crippen LogP contribution in [-0.2, 0) is 0 Å². The first-order valence-corrected chi connectivity index (χ1v) is 29.6. The first-order chi connectivity index (χ1) is 43.1. The molecule has 2 unspecified atom stereocenters. The Morgan fingerprint density at radius 2 is 0.770 bits per heavy atom. The summed E-state index contributed by atoms with van der Waals surface area (Å²) in [4.78, 5) is 19.2. The highest BCUT2D eigenvalue weighted by atomic mass is 16.3. The molecule has 7 heteroatoms. The number of benzene rings is 9. The molecular formula is C80H52N6O. The molecule has 6 aromatic heterocycles. The molecule has 1 aliphatic heterocycles. The van der Waals surface area contributed by atoms with E-state index in [2.05, 4.69) is 259 Å². The van der Waals surface area contributed by atoms with Crippen LogP contribution in [0.4, 0.5) is 5.69 Å². The zero-order valence-corrected chi connectivity index (χ0v) is 47.1. The maximum absolute atomic E-state index is 6.99. The minimum Gasteiger partial charge on any atom is -0.456 e. The van der Waals surface area contributed by atoms with E-state index < -0.39 is 0 Å². The van der Waals surface area contributed by atoms with Crippen LogP contribution in [0.5, 0.6) is 0 Å². The van der Waals surface area contributed by atoms with E-state index in [1.807, 2.05) is 49.1 Å². The van der Waals surface area contributed by atoms with Crippen molar-refractivity contribution in [3.63, 3.8) is 0 Å². The monoisotopic (exact) mass is 1110 g/mol. The van der Waals surface area contributed by atoms with Crippen LogP contribution in [0.25, 0.3) is 145 Å². The average molecular weight is 1110 g/mol. The Bertz CT molecular complexity index is 5060. The third-order valence-corrected chi connectivity index (χ3v) is 17.6. The van der Waals surface area contributed by atoms with Gasteiger partial charge in [-0.3, -0.25) is 19.9 Å². The van der Waals surface area contributed by atoms with E-state index in [1.165, 1.54) is 5.56 Å². The maximum atomic E-state index is 6.99. The van der Waals surface area contributed by atoms with Crippen LogP contribution in [-0.4, -0.2) is 30.5 Å². The van der Waals surface area contributed by atoms with Crippen molar-refractivity contribution in [2.24, 2.45) is 0 Å². The summed E-state index contributed by atoms with van der Waals surface area (Å²) in [6, 6.07) is 93.3. The van der Waals surface area contributed by atoms with Gasteiger partial charge in [0.15, 0.2) is 0 Å². The van der Waals surface area contributed by atoms with Crippen LogP contribution in [0.2, 0.25) is 0 Å². The van der Waals surface area contributed by atoms with Gasteiger partial charge < -0.3 is 14.3 Å². The normalized spacial score (nSPS) is 14.0. The summed E-state index contributed by atoms with van der Waals surface area (Å²) in [5.74, 6) is 0.737. The molecule has 1 N–H and O–H groups in total. The third kappa shape index (κ3) is 8.50. The molecule has 0 saturated heterocycles. The van der Waals surface area contributed by atoms with Gasteiger partial charge in [-0.15, -0.1) is 0 Å². The molecular weight excluding hydrogens is 1060 g/mol. The highest BCUT2D eigenvalue weighted by molar-refractivity contribution is 6.12. The Labute approximate surface area is 503 Å². The van der Waals surface area contributed by atoms with Gasteiger partial charge in [-0.05, 0) is 171 Å². The molecule has 87 heavy (non-hydrogen) atoms. The molecule has 0 fully saturated rings. The first kappa shape index (κ1) is 50.0. The second-order valence-corrected chi connectivity index (χ2v) is 22.5. The third-order valence-electron chi connectivity index (χ3n) is 17.6. The Morgan fingerprint density at radius 3 is 1.24 bits per heavy atom. The van der Waals surface area contributed by atoms with E-state index in [4.69, 9.17) is 24.4 Å². The van der Waals surface area contributed by atoms with Gasteiger partial charge in [-0.25, -0.2) is 0 Å². The van der Waals surface area contributed by atoms with Gasteiger partial charge in [0.2, 0.25) is 0 Å². The number of furan rings is 1. The number of nitrogens with one attached hydrogen (secondary N) is 1. The summed E-state index contributed by atoms with van der Waals surface area (Å²) in [7, 11) is 0. The number of nitrogens with zero attached hydrogens (tertiary/aromatic N) is 5. The molecule has 0 amide bonds. The molecule has 408 valence electrons. The molecule has 0 spiro atoms. The van der Waals surface area contributed by atoms with Gasteiger partial charge in [-0.2, -0.15) is 0 Å². The lowest BCUT2D eigenvalue weighted by Gasteiger charge is -2.29. The van der Waals surface area contributed by atoms with Crippen molar-refractivity contribution in [3.05, 3.63) is 309 Å². The topological polar surface area (TPSA) is 81.7 Å². The zero-order chi connectivity index (χ0) is 57.4. The van der Waals surface area contributed by atoms with E-state index >= 15 is 0 Å². The molecule has 15 aromatic rings. The summed E-state index contributed by atoms with van der Waals surface area (Å²) in [6.45, 7) is 0. The number of aromatic nitrogens is 5. The minimum atomic E-state index is -0.130. The van der Waals surface area contributed by atoms with Gasteiger partial charge in [0.05, 0.1) is 39.9 Å². The highest BCUT2D eigenvalue weighted by Gasteiger charge is 2.37. The van der Waals surface area contributed by atoms with E-state index in [9.17, 15) is 0 Å². The predicted octanol–water partition coefficient (Wildman–Crippen LogP) is 20.1. The second-order valence-electron chi connectivity index (χ2n) is 22.5. The summed E-state index contributed by atoms with van der Waals surface area (Å²) in [6.07, 6.45) is 11.9. The second kappa shape index (κ2) is 20.7. The molecule has 1 aliphatic carbocycles. The molecule has 7 nitrogen and oxygen atoms in total. The summed E-state index contributed by atoms with van der Waals surface area (Å²) in [5.41, 5.74) is 26.8. The Kier molecular flexibility index (Phi) is 11.9. The molecule has 7 heterocycles. The predicted molar refractivity (Wildman–Crippen MR) is 355 cm³/mol. The minimum absolute atomic E-state index is 0.103. The van der Waals surface area contributed by atoms with Gasteiger partial charge in [-0.1, -0.05) is 158 Å². The lowest BCUT2D eigenvalue weighted by atomic mass is 9.78. The molecule has 9 aromatic carbocycles. The van der Waals surface area contributed by atoms with E-state index in [-0.39, 0.29) is 12.0 Å². The van der Waals surface area contributed by atoms with E-state index in [1.54, 1.807) is 0 Å². The van der Waals surface area contributed by atoms with Crippen LogP contribution in [0, 0.1) is 0 Å². The molecule has 2 atom stereocenters. The molecule has 0 bridgehead atoms. The van der Waals surface area contributed by atoms with Crippen LogP contribution < -0.4 is 5.32 Å². The smallest absolute Gasteiger partial charge is 0.135 e. The number of pyridine rings is 4. The summed E-state index contributed by atoms with van der Waals surface area (Å²) < 4.78 is 9.43. The van der Waals surface area contributed by atoms with Gasteiger partial charge in [0.25, 0.3) is 0 Å². The summed E-state index contributed by atoms with van der Waals surface area (Å²) in [5, 5.41) is 7.49. The van der Waals surface area contributed by atoms with Crippen molar-refractivity contribution in [2.75, 3.05) is 5.32 Å². The fourth-order valence-corrected chi connectivity index (χ4v) is 13.7. The fourth-order valence-electron chi connectivity index (χ4n) is 13.7. The number of fused-ring (bicyclic) bond motifs is 12. The van der Waals surface area contributed by atoms with Crippen molar-refractivity contribution in [2.45, 2.75) is 12.0 Å². The largest absolute Gasteiger partial charge is 0.456 e. The fraction of sp³-hybridized carbons (Fsp3) is 0.0250. The van der Waals surface area contributed by atoms with Crippen molar-refractivity contribution in [1.82, 2.24) is 24.5 Å². The lowest BCUT2D eigenvalue weighted by Crippen LogP contribution is -2.27. The number of hydrogen-bond donors (Lipinski definition) is 1. The SMILES string of the molecule is C1=CC2Nc3ccc(-c4ccccc4-c4ccccn4)cc3-c3cc(-c4ccccc4-c4ccccn4)ccc3C2c2c1oc1ccc(-n3c4ccc(-c5ccccc5-c5ccccn5)cc4c4cc(-c5ccccc5-c5ccccn5)ccc43)cc21. The van der Waals surface area contributed by atoms with E-state index in [0.29, 0.717) is 0 Å². The van der Waals surface area contributed by atoms with Crippen LogP contribution in [0.1, 0.15) is 22.8 Å². The molecule has 17 rings (SSSR count). The van der Waals surface area contributed by atoms with E-state index in [0.717, 1.165) is 156 Å². The number of rotatable bonds is 9.